The van der Waals surface area contributed by atoms with Crippen LogP contribution in [0.25, 0.3) is 0 Å². The molecule has 0 radical (unpaired) electrons. The van der Waals surface area contributed by atoms with Gasteiger partial charge in [-0.2, -0.15) is 0 Å². The van der Waals surface area contributed by atoms with Crippen molar-refractivity contribution in [2.24, 2.45) is 0 Å². The molecule has 4 nitrogen and oxygen atoms in total. The van der Waals surface area contributed by atoms with E-state index in [0.29, 0.717) is 24.3 Å². The average Bonchev–Trinajstić information content (AvgIpc) is 2.64. The van der Waals surface area contributed by atoms with Crippen LogP contribution >= 0.6 is 0 Å². The lowest BCUT2D eigenvalue weighted by Crippen LogP contribution is -2.33. The Kier molecular flexibility index (Phi) is 5.13. The Morgan fingerprint density at radius 2 is 1.95 bits per heavy atom. The molecule has 1 aromatic rings. The molecule has 1 aliphatic rings. The minimum atomic E-state index is -0.276. The van der Waals surface area contributed by atoms with Crippen LogP contribution in [-0.4, -0.2) is 54.4 Å². The lowest BCUT2D eigenvalue weighted by atomic mass is 10.1. The quantitative estimate of drug-likeness (QED) is 0.849. The van der Waals surface area contributed by atoms with Crippen LogP contribution in [-0.2, 0) is 6.61 Å². The van der Waals surface area contributed by atoms with Crippen LogP contribution < -0.4 is 4.90 Å². The molecule has 5 heteroatoms. The Hall–Kier alpha value is -1.17. The number of aliphatic hydroxyl groups excluding tert-OH is 2. The summed E-state index contributed by atoms with van der Waals surface area (Å²) in [5, 5.41) is 18.3. The lowest BCUT2D eigenvalue weighted by molar-refractivity contribution is 0.204. The molecule has 0 spiro atoms. The zero-order valence-corrected chi connectivity index (χ0v) is 11.1. The van der Waals surface area contributed by atoms with Gasteiger partial charge in [0.2, 0.25) is 0 Å². The zero-order chi connectivity index (χ0) is 13.7. The van der Waals surface area contributed by atoms with Gasteiger partial charge in [-0.3, -0.25) is 4.90 Å². The Bertz CT molecular complexity index is 414. The van der Waals surface area contributed by atoms with E-state index in [1.165, 1.54) is 6.07 Å². The minimum Gasteiger partial charge on any atom is -0.395 e. The van der Waals surface area contributed by atoms with Crippen molar-refractivity contribution in [2.45, 2.75) is 13.0 Å². The molecular formula is C14H21FN2O2. The van der Waals surface area contributed by atoms with E-state index in [1.54, 1.807) is 12.1 Å². The molecular weight excluding hydrogens is 247 g/mol. The fourth-order valence-electron chi connectivity index (χ4n) is 2.60. The van der Waals surface area contributed by atoms with Gasteiger partial charge in [0.1, 0.15) is 5.82 Å². The molecule has 0 bridgehead atoms. The number of benzene rings is 1. The van der Waals surface area contributed by atoms with Gasteiger partial charge in [-0.15, -0.1) is 0 Å². The van der Waals surface area contributed by atoms with Crippen LogP contribution in [0.5, 0.6) is 0 Å². The largest absolute Gasteiger partial charge is 0.395 e. The van der Waals surface area contributed by atoms with Crippen LogP contribution in [0.15, 0.2) is 18.2 Å². The molecule has 1 aliphatic heterocycles. The van der Waals surface area contributed by atoms with E-state index in [2.05, 4.69) is 4.90 Å². The smallest absolute Gasteiger partial charge is 0.146 e. The summed E-state index contributed by atoms with van der Waals surface area (Å²) < 4.78 is 14.0. The highest BCUT2D eigenvalue weighted by Gasteiger charge is 2.19. The van der Waals surface area contributed by atoms with E-state index in [9.17, 15) is 9.50 Å². The first-order chi connectivity index (χ1) is 9.26. The number of para-hydroxylation sites is 1. The molecule has 1 heterocycles. The third-order valence-electron chi connectivity index (χ3n) is 3.56. The first-order valence-electron chi connectivity index (χ1n) is 6.72. The second kappa shape index (κ2) is 6.84. The van der Waals surface area contributed by atoms with E-state index in [0.717, 1.165) is 26.1 Å². The second-order valence-corrected chi connectivity index (χ2v) is 4.81. The van der Waals surface area contributed by atoms with Gasteiger partial charge in [0.05, 0.1) is 18.9 Å². The van der Waals surface area contributed by atoms with Crippen molar-refractivity contribution < 1.29 is 14.6 Å². The Morgan fingerprint density at radius 1 is 1.11 bits per heavy atom. The third-order valence-corrected chi connectivity index (χ3v) is 3.56. The molecule has 0 unspecified atom stereocenters. The number of rotatable bonds is 4. The second-order valence-electron chi connectivity index (χ2n) is 4.81. The van der Waals surface area contributed by atoms with Crippen molar-refractivity contribution in [2.75, 3.05) is 44.2 Å². The van der Waals surface area contributed by atoms with E-state index in [1.807, 2.05) is 4.90 Å². The highest BCUT2D eigenvalue weighted by Crippen LogP contribution is 2.25. The standard InChI is InChI=1S/C14H21FN2O2/c15-13-4-1-3-12(11-19)14(13)17-6-2-5-16(7-8-17)9-10-18/h1,3-4,18-19H,2,5-11H2. The van der Waals surface area contributed by atoms with Gasteiger partial charge in [0, 0.05) is 31.7 Å². The van der Waals surface area contributed by atoms with E-state index in [4.69, 9.17) is 5.11 Å². The maximum atomic E-state index is 14.0. The Labute approximate surface area is 113 Å². The Balaban J connectivity index is 2.14. The summed E-state index contributed by atoms with van der Waals surface area (Å²) in [6.45, 7) is 3.88. The van der Waals surface area contributed by atoms with Crippen molar-refractivity contribution in [1.82, 2.24) is 4.90 Å². The predicted octanol–water partition coefficient (Wildman–Crippen LogP) is 0.822. The van der Waals surface area contributed by atoms with E-state index < -0.39 is 0 Å². The van der Waals surface area contributed by atoms with Crippen molar-refractivity contribution in [3.8, 4) is 0 Å². The summed E-state index contributed by atoms with van der Waals surface area (Å²) in [6, 6.07) is 4.82. The first kappa shape index (κ1) is 14.2. The summed E-state index contributed by atoms with van der Waals surface area (Å²) in [5.41, 5.74) is 1.16. The van der Waals surface area contributed by atoms with Gasteiger partial charge in [-0.05, 0) is 19.0 Å². The molecule has 2 rings (SSSR count). The number of hydrogen-bond acceptors (Lipinski definition) is 4. The molecule has 0 atom stereocenters. The first-order valence-corrected chi connectivity index (χ1v) is 6.72. The summed E-state index contributed by atoms with van der Waals surface area (Å²) in [4.78, 5) is 4.18. The molecule has 1 fully saturated rings. The summed E-state index contributed by atoms with van der Waals surface area (Å²) in [6.07, 6.45) is 0.930. The SMILES string of the molecule is OCCN1CCCN(c2c(F)cccc2CO)CC1. The fraction of sp³-hybridized carbons (Fsp3) is 0.571. The fourth-order valence-corrected chi connectivity index (χ4v) is 2.60. The molecule has 19 heavy (non-hydrogen) atoms. The van der Waals surface area contributed by atoms with Crippen LogP contribution in [0.1, 0.15) is 12.0 Å². The number of anilines is 1. The maximum Gasteiger partial charge on any atom is 0.146 e. The van der Waals surface area contributed by atoms with Crippen molar-refractivity contribution >= 4 is 5.69 Å². The summed E-state index contributed by atoms with van der Waals surface area (Å²) >= 11 is 0. The van der Waals surface area contributed by atoms with E-state index in [-0.39, 0.29) is 19.0 Å². The monoisotopic (exact) mass is 268 g/mol. The van der Waals surface area contributed by atoms with Crippen LogP contribution in [0, 0.1) is 5.82 Å². The maximum absolute atomic E-state index is 14.0. The van der Waals surface area contributed by atoms with Crippen molar-refractivity contribution in [3.05, 3.63) is 29.6 Å². The minimum absolute atomic E-state index is 0.149. The molecule has 0 aromatic heterocycles. The number of nitrogens with zero attached hydrogens (tertiary/aromatic N) is 2. The topological polar surface area (TPSA) is 46.9 Å². The number of halogens is 1. The molecule has 0 amide bonds. The van der Waals surface area contributed by atoms with Gasteiger partial charge in [0.15, 0.2) is 0 Å². The highest BCUT2D eigenvalue weighted by molar-refractivity contribution is 5.54. The predicted molar refractivity (Wildman–Crippen MR) is 72.7 cm³/mol. The number of aliphatic hydroxyl groups is 2. The molecule has 1 aromatic carbocycles. The normalized spacial score (nSPS) is 17.5. The van der Waals surface area contributed by atoms with Gasteiger partial charge >= 0.3 is 0 Å². The van der Waals surface area contributed by atoms with Crippen LogP contribution in [0.2, 0.25) is 0 Å². The van der Waals surface area contributed by atoms with E-state index >= 15 is 0 Å². The molecule has 0 aliphatic carbocycles. The van der Waals surface area contributed by atoms with Gasteiger partial charge < -0.3 is 15.1 Å². The summed E-state index contributed by atoms with van der Waals surface area (Å²) in [7, 11) is 0. The van der Waals surface area contributed by atoms with Crippen LogP contribution in [0.3, 0.4) is 0 Å². The molecule has 0 saturated carbocycles. The summed E-state index contributed by atoms with van der Waals surface area (Å²) in [5.74, 6) is -0.276. The van der Waals surface area contributed by atoms with Crippen LogP contribution in [0.4, 0.5) is 10.1 Å². The Morgan fingerprint density at radius 3 is 2.68 bits per heavy atom. The lowest BCUT2D eigenvalue weighted by Gasteiger charge is -2.26. The van der Waals surface area contributed by atoms with Crippen molar-refractivity contribution in [3.63, 3.8) is 0 Å². The number of β-amino-alcohol motifs (C(OH)–C–C–N with tert-alkyl or cyclic N) is 1. The van der Waals surface area contributed by atoms with Gasteiger partial charge in [-0.1, -0.05) is 12.1 Å². The molecule has 106 valence electrons. The van der Waals surface area contributed by atoms with Gasteiger partial charge in [0.25, 0.3) is 0 Å². The number of hydrogen-bond donors (Lipinski definition) is 2. The molecule has 1 saturated heterocycles. The molecule has 2 N–H and O–H groups in total. The zero-order valence-electron chi connectivity index (χ0n) is 11.1. The van der Waals surface area contributed by atoms with Gasteiger partial charge in [-0.25, -0.2) is 4.39 Å². The van der Waals surface area contributed by atoms with Crippen molar-refractivity contribution in [1.29, 1.82) is 0 Å². The average molecular weight is 268 g/mol. The third kappa shape index (κ3) is 3.43. The highest BCUT2D eigenvalue weighted by atomic mass is 19.1.